The Morgan fingerprint density at radius 3 is 1.82 bits per heavy atom. The van der Waals surface area contributed by atoms with Crippen molar-refractivity contribution in [1.29, 1.82) is 0 Å². The van der Waals surface area contributed by atoms with Gasteiger partial charge in [-0.3, -0.25) is 0 Å². The molecule has 0 spiro atoms. The van der Waals surface area contributed by atoms with Crippen LogP contribution in [0, 0.1) is 5.21 Å². The maximum absolute atomic E-state index is 11.8. The first-order chi connectivity index (χ1) is 10.8. The first-order valence-electron chi connectivity index (χ1n) is 9.20. The van der Waals surface area contributed by atoms with E-state index in [4.69, 9.17) is 0 Å². The lowest BCUT2D eigenvalue weighted by Gasteiger charge is -2.33. The summed E-state index contributed by atoms with van der Waals surface area (Å²) in [7, 11) is 1.65. The molecule has 0 saturated heterocycles. The van der Waals surface area contributed by atoms with Crippen molar-refractivity contribution in [3.8, 4) is 0 Å². The van der Waals surface area contributed by atoms with E-state index in [1.807, 2.05) is 18.2 Å². The molecule has 1 aromatic rings. The Balaban J connectivity index is 2.07. The Hall–Kier alpha value is -0.860. The lowest BCUT2D eigenvalue weighted by Crippen LogP contribution is -2.18. The maximum atomic E-state index is 11.8. The zero-order valence-corrected chi connectivity index (χ0v) is 14.6. The largest absolute Gasteiger partial charge is 0.785 e. The van der Waals surface area contributed by atoms with Gasteiger partial charge < -0.3 is 10.3 Å². The molecular formula is C20H34NO-. The summed E-state index contributed by atoms with van der Waals surface area (Å²) in [6.07, 6.45) is 14.4. The number of hydroxylamine groups is 2. The lowest BCUT2D eigenvalue weighted by atomic mass is 9.99. The minimum atomic E-state index is 0.0234. The van der Waals surface area contributed by atoms with Crippen LogP contribution in [0.4, 0.5) is 0 Å². The summed E-state index contributed by atoms with van der Waals surface area (Å²) in [5.74, 6) is 0. The SMILES string of the molecule is CCCCCCCCCCCCC(c1ccccc1)N(C)[O-]. The van der Waals surface area contributed by atoms with Crippen molar-refractivity contribution in [3.05, 3.63) is 41.1 Å². The number of hydrogen-bond donors (Lipinski definition) is 0. The molecule has 0 bridgehead atoms. The summed E-state index contributed by atoms with van der Waals surface area (Å²) < 4.78 is 0. The summed E-state index contributed by atoms with van der Waals surface area (Å²) in [5, 5.41) is 12.9. The molecule has 0 aliphatic carbocycles. The minimum absolute atomic E-state index is 0.0234. The van der Waals surface area contributed by atoms with Crippen LogP contribution in [0.2, 0.25) is 0 Å². The molecule has 0 aliphatic rings. The maximum Gasteiger partial charge on any atom is 0.0229 e. The van der Waals surface area contributed by atoms with Crippen molar-refractivity contribution in [1.82, 2.24) is 5.06 Å². The lowest BCUT2D eigenvalue weighted by molar-refractivity contribution is 0.310. The van der Waals surface area contributed by atoms with Crippen molar-refractivity contribution in [2.24, 2.45) is 0 Å². The van der Waals surface area contributed by atoms with Crippen LogP contribution in [0.1, 0.15) is 89.2 Å². The number of unbranched alkanes of at least 4 members (excludes halogenated alkanes) is 9. The Kier molecular flexibility index (Phi) is 11.0. The predicted molar refractivity (Wildman–Crippen MR) is 96.8 cm³/mol. The summed E-state index contributed by atoms with van der Waals surface area (Å²) in [5.41, 5.74) is 1.15. The van der Waals surface area contributed by atoms with Gasteiger partial charge in [0.15, 0.2) is 0 Å². The van der Waals surface area contributed by atoms with Crippen LogP contribution in [0.25, 0.3) is 0 Å². The van der Waals surface area contributed by atoms with Gasteiger partial charge in [-0.2, -0.15) is 0 Å². The van der Waals surface area contributed by atoms with Gasteiger partial charge in [0.25, 0.3) is 0 Å². The quantitative estimate of drug-likeness (QED) is 0.308. The third-order valence-corrected chi connectivity index (χ3v) is 4.45. The molecular weight excluding hydrogens is 270 g/mol. The standard InChI is InChI=1S/C20H34NO/c1-3-4-5-6-7-8-9-10-11-15-18-20(21(2)22)19-16-13-12-14-17-19/h12-14,16-17,20H,3-11,15,18H2,1-2H3/q-1. The van der Waals surface area contributed by atoms with Crippen molar-refractivity contribution in [2.75, 3.05) is 7.05 Å². The second-order valence-corrected chi connectivity index (χ2v) is 6.44. The fraction of sp³-hybridized carbons (Fsp3) is 0.700. The molecule has 22 heavy (non-hydrogen) atoms. The van der Waals surface area contributed by atoms with Crippen molar-refractivity contribution in [3.63, 3.8) is 0 Å². The minimum Gasteiger partial charge on any atom is -0.785 e. The van der Waals surface area contributed by atoms with Crippen LogP contribution in [0.15, 0.2) is 30.3 Å². The first-order valence-corrected chi connectivity index (χ1v) is 9.20. The highest BCUT2D eigenvalue weighted by atomic mass is 16.5. The Labute approximate surface area is 137 Å². The van der Waals surface area contributed by atoms with Crippen LogP contribution in [-0.4, -0.2) is 12.1 Å². The van der Waals surface area contributed by atoms with E-state index >= 15 is 0 Å². The van der Waals surface area contributed by atoms with Gasteiger partial charge in [-0.25, -0.2) is 0 Å². The molecule has 0 amide bonds. The summed E-state index contributed by atoms with van der Waals surface area (Å²) >= 11 is 0. The van der Waals surface area contributed by atoms with Gasteiger partial charge >= 0.3 is 0 Å². The average Bonchev–Trinajstić information content (AvgIpc) is 2.53. The molecule has 1 aromatic carbocycles. The molecule has 0 radical (unpaired) electrons. The molecule has 1 rings (SSSR count). The summed E-state index contributed by atoms with van der Waals surface area (Å²) in [6, 6.07) is 10.2. The molecule has 0 aliphatic heterocycles. The van der Waals surface area contributed by atoms with E-state index in [9.17, 15) is 5.21 Å². The molecule has 0 fully saturated rings. The third kappa shape index (κ3) is 8.55. The van der Waals surface area contributed by atoms with Gasteiger partial charge in [0.2, 0.25) is 0 Å². The van der Waals surface area contributed by atoms with E-state index in [1.54, 1.807) is 7.05 Å². The second-order valence-electron chi connectivity index (χ2n) is 6.44. The molecule has 126 valence electrons. The van der Waals surface area contributed by atoms with E-state index < -0.39 is 0 Å². The fourth-order valence-electron chi connectivity index (χ4n) is 3.06. The highest BCUT2D eigenvalue weighted by Crippen LogP contribution is 2.25. The number of nitrogens with zero attached hydrogens (tertiary/aromatic N) is 1. The smallest absolute Gasteiger partial charge is 0.0229 e. The van der Waals surface area contributed by atoms with Crippen molar-refractivity contribution in [2.45, 2.75) is 83.6 Å². The van der Waals surface area contributed by atoms with Gasteiger partial charge in [-0.15, -0.1) is 0 Å². The summed E-state index contributed by atoms with van der Waals surface area (Å²) in [4.78, 5) is 0. The molecule has 2 heteroatoms. The van der Waals surface area contributed by atoms with Crippen LogP contribution in [0.3, 0.4) is 0 Å². The highest BCUT2D eigenvalue weighted by molar-refractivity contribution is 5.18. The van der Waals surface area contributed by atoms with Crippen LogP contribution in [0.5, 0.6) is 0 Å². The van der Waals surface area contributed by atoms with Gasteiger partial charge in [0.1, 0.15) is 0 Å². The van der Waals surface area contributed by atoms with E-state index in [0.717, 1.165) is 23.5 Å². The van der Waals surface area contributed by atoms with Crippen LogP contribution in [-0.2, 0) is 0 Å². The molecule has 1 atom stereocenters. The zero-order valence-electron chi connectivity index (χ0n) is 14.6. The Morgan fingerprint density at radius 1 is 0.818 bits per heavy atom. The van der Waals surface area contributed by atoms with E-state index in [1.165, 1.54) is 57.8 Å². The van der Waals surface area contributed by atoms with Crippen molar-refractivity contribution >= 4 is 0 Å². The number of hydrogen-bond acceptors (Lipinski definition) is 2. The zero-order chi connectivity index (χ0) is 16.0. The highest BCUT2D eigenvalue weighted by Gasteiger charge is 2.09. The van der Waals surface area contributed by atoms with Crippen LogP contribution < -0.4 is 0 Å². The van der Waals surface area contributed by atoms with E-state index in [0.29, 0.717) is 0 Å². The first kappa shape index (κ1) is 19.2. The number of rotatable bonds is 13. The molecule has 2 nitrogen and oxygen atoms in total. The molecule has 0 saturated carbocycles. The van der Waals surface area contributed by atoms with Crippen molar-refractivity contribution < 1.29 is 0 Å². The van der Waals surface area contributed by atoms with Gasteiger partial charge in [-0.05, 0) is 19.0 Å². The van der Waals surface area contributed by atoms with Crippen LogP contribution >= 0.6 is 0 Å². The van der Waals surface area contributed by atoms with Gasteiger partial charge in [0, 0.05) is 6.04 Å². The third-order valence-electron chi connectivity index (χ3n) is 4.45. The normalized spacial score (nSPS) is 12.7. The second kappa shape index (κ2) is 12.7. The topological polar surface area (TPSA) is 26.3 Å². The molecule has 0 heterocycles. The Morgan fingerprint density at radius 2 is 1.32 bits per heavy atom. The van der Waals surface area contributed by atoms with Gasteiger partial charge in [0.05, 0.1) is 0 Å². The molecule has 0 N–H and O–H groups in total. The number of benzene rings is 1. The molecule has 1 unspecified atom stereocenters. The van der Waals surface area contributed by atoms with Gasteiger partial charge in [-0.1, -0.05) is 101 Å². The summed E-state index contributed by atoms with van der Waals surface area (Å²) in [6.45, 7) is 2.27. The van der Waals surface area contributed by atoms with E-state index in [-0.39, 0.29) is 6.04 Å². The predicted octanol–water partition coefficient (Wildman–Crippen LogP) is 6.47. The Bertz CT molecular complexity index is 350. The fourth-order valence-corrected chi connectivity index (χ4v) is 3.06. The van der Waals surface area contributed by atoms with E-state index in [2.05, 4.69) is 19.1 Å². The average molecular weight is 304 g/mol. The molecule has 0 aromatic heterocycles. The monoisotopic (exact) mass is 304 g/mol.